The van der Waals surface area contributed by atoms with Crippen LogP contribution in [0.4, 0.5) is 0 Å². The third-order valence-electron chi connectivity index (χ3n) is 6.22. The molecule has 158 valence electrons. The van der Waals surface area contributed by atoms with Gasteiger partial charge < -0.3 is 0 Å². The van der Waals surface area contributed by atoms with Gasteiger partial charge in [-0.1, -0.05) is 36.5 Å². The number of hydrogen-bond donors (Lipinski definition) is 0. The number of allylic oxidation sites excluding steroid dienone is 6. The summed E-state index contributed by atoms with van der Waals surface area (Å²) in [5, 5.41) is 0. The third-order valence-corrected chi connectivity index (χ3v) is 6.22. The molecule has 2 nitrogen and oxygen atoms in total. The summed E-state index contributed by atoms with van der Waals surface area (Å²) in [4.78, 5) is 12.4. The first-order chi connectivity index (χ1) is 13.1. The molecule has 0 spiro atoms. The Balaban J connectivity index is 5.87. The molecule has 0 heterocycles. The van der Waals surface area contributed by atoms with Gasteiger partial charge in [0.2, 0.25) is 0 Å². The predicted octanol–water partition coefficient (Wildman–Crippen LogP) is 7.92. The molecular formula is C26H42O2. The minimum Gasteiger partial charge on any atom is -0.229 e. The van der Waals surface area contributed by atoms with E-state index >= 15 is 0 Å². The van der Waals surface area contributed by atoms with Crippen molar-refractivity contribution >= 4 is 0 Å². The molecule has 0 N–H and O–H groups in total. The second kappa shape index (κ2) is 11.4. The Bertz CT molecular complexity index is 448. The summed E-state index contributed by atoms with van der Waals surface area (Å²) < 4.78 is 0. The molecule has 0 aromatic heterocycles. The lowest BCUT2D eigenvalue weighted by Crippen LogP contribution is -2.51. The summed E-state index contributed by atoms with van der Waals surface area (Å²) in [7, 11) is 0. The van der Waals surface area contributed by atoms with E-state index < -0.39 is 11.2 Å². The molecule has 0 rings (SSSR count). The molecule has 0 radical (unpaired) electrons. The Morgan fingerprint density at radius 2 is 0.643 bits per heavy atom. The minimum absolute atomic E-state index is 0.230. The van der Waals surface area contributed by atoms with Crippen molar-refractivity contribution in [3.05, 3.63) is 75.9 Å². The molecular weight excluding hydrogens is 344 g/mol. The largest absolute Gasteiger partial charge is 0.229 e. The lowest BCUT2D eigenvalue weighted by Gasteiger charge is -2.49. The van der Waals surface area contributed by atoms with E-state index in [1.807, 2.05) is 36.5 Å². The monoisotopic (exact) mass is 386 g/mol. The van der Waals surface area contributed by atoms with Crippen LogP contribution in [0.3, 0.4) is 0 Å². The van der Waals surface area contributed by atoms with Crippen LogP contribution in [0.15, 0.2) is 75.9 Å². The Labute approximate surface area is 174 Å². The molecule has 0 unspecified atom stereocenters. The highest BCUT2D eigenvalue weighted by molar-refractivity contribution is 5.06. The lowest BCUT2D eigenvalue weighted by molar-refractivity contribution is -0.436. The van der Waals surface area contributed by atoms with E-state index in [1.165, 1.54) is 0 Å². The molecule has 0 saturated heterocycles. The van der Waals surface area contributed by atoms with E-state index in [0.717, 1.165) is 38.5 Å². The van der Waals surface area contributed by atoms with Gasteiger partial charge in [0.1, 0.15) is 11.2 Å². The topological polar surface area (TPSA) is 18.5 Å². The molecule has 0 aromatic rings. The van der Waals surface area contributed by atoms with Gasteiger partial charge in [0.05, 0.1) is 0 Å². The van der Waals surface area contributed by atoms with E-state index in [2.05, 4.69) is 67.2 Å². The average Bonchev–Trinajstić information content (AvgIpc) is 2.61. The molecule has 28 heavy (non-hydrogen) atoms. The fourth-order valence-corrected chi connectivity index (χ4v) is 4.02. The molecule has 0 bridgehead atoms. The van der Waals surface area contributed by atoms with Crippen molar-refractivity contribution in [1.82, 2.24) is 0 Å². The Morgan fingerprint density at radius 3 is 0.786 bits per heavy atom. The zero-order valence-corrected chi connectivity index (χ0v) is 18.8. The number of hydrogen-bond acceptors (Lipinski definition) is 2. The van der Waals surface area contributed by atoms with Crippen LogP contribution in [0.1, 0.15) is 66.2 Å². The number of rotatable bonds is 17. The van der Waals surface area contributed by atoms with Crippen LogP contribution < -0.4 is 0 Å². The van der Waals surface area contributed by atoms with Gasteiger partial charge in [-0.25, -0.2) is 9.78 Å². The molecule has 0 aromatic carbocycles. The first-order valence-electron chi connectivity index (χ1n) is 10.1. The van der Waals surface area contributed by atoms with Gasteiger partial charge in [0, 0.05) is 10.8 Å². The fourth-order valence-electron chi connectivity index (χ4n) is 4.02. The summed E-state index contributed by atoms with van der Waals surface area (Å²) in [5.74, 6) is 0. The van der Waals surface area contributed by atoms with Crippen LogP contribution in [-0.4, -0.2) is 11.2 Å². The van der Waals surface area contributed by atoms with Crippen LogP contribution in [0, 0.1) is 10.8 Å². The zero-order chi connectivity index (χ0) is 21.9. The summed E-state index contributed by atoms with van der Waals surface area (Å²) >= 11 is 0. The molecule has 0 fully saturated rings. The predicted molar refractivity (Wildman–Crippen MR) is 124 cm³/mol. The molecule has 0 aliphatic heterocycles. The second-order valence-corrected chi connectivity index (χ2v) is 8.70. The van der Waals surface area contributed by atoms with E-state index in [-0.39, 0.29) is 10.8 Å². The van der Waals surface area contributed by atoms with Crippen LogP contribution >= 0.6 is 0 Å². The van der Waals surface area contributed by atoms with Gasteiger partial charge in [0.25, 0.3) is 0 Å². The van der Waals surface area contributed by atoms with Crippen molar-refractivity contribution in [1.29, 1.82) is 0 Å². The molecule has 0 amide bonds. The van der Waals surface area contributed by atoms with Gasteiger partial charge in [0.15, 0.2) is 0 Å². The Hall–Kier alpha value is -1.64. The molecule has 0 aliphatic rings. The van der Waals surface area contributed by atoms with Crippen LogP contribution in [0.25, 0.3) is 0 Å². The van der Waals surface area contributed by atoms with Crippen molar-refractivity contribution in [3.8, 4) is 0 Å². The summed E-state index contributed by atoms with van der Waals surface area (Å²) in [5.41, 5.74) is -1.62. The second-order valence-electron chi connectivity index (χ2n) is 8.70. The summed E-state index contributed by atoms with van der Waals surface area (Å²) in [6.45, 7) is 31.9. The van der Waals surface area contributed by atoms with Crippen molar-refractivity contribution in [2.75, 3.05) is 0 Å². The van der Waals surface area contributed by atoms with E-state index in [9.17, 15) is 0 Å². The smallest absolute Gasteiger partial charge is 0.104 e. The fraction of sp³-hybridized carbons (Fsp3) is 0.538. The SMILES string of the molecule is C=CCC(CC=C)(CC=C)C(C)(C)OOC(C)(C)C(CC=C)(CC=C)CC=C. The maximum Gasteiger partial charge on any atom is 0.104 e. The zero-order valence-electron chi connectivity index (χ0n) is 18.8. The van der Waals surface area contributed by atoms with Gasteiger partial charge in [-0.05, 0) is 66.2 Å². The van der Waals surface area contributed by atoms with Gasteiger partial charge in [-0.15, -0.1) is 39.5 Å². The van der Waals surface area contributed by atoms with E-state index in [0.29, 0.717) is 0 Å². The highest BCUT2D eigenvalue weighted by atomic mass is 17.2. The molecule has 2 heteroatoms. The van der Waals surface area contributed by atoms with Gasteiger partial charge in [-0.2, -0.15) is 0 Å². The summed E-state index contributed by atoms with van der Waals surface area (Å²) in [6, 6.07) is 0. The van der Waals surface area contributed by atoms with Crippen molar-refractivity contribution in [2.45, 2.75) is 77.4 Å². The van der Waals surface area contributed by atoms with E-state index in [1.54, 1.807) is 0 Å². The third kappa shape index (κ3) is 5.93. The maximum atomic E-state index is 6.22. The molecule has 0 aliphatic carbocycles. The van der Waals surface area contributed by atoms with Crippen molar-refractivity contribution in [2.24, 2.45) is 10.8 Å². The standard InChI is InChI=1S/C26H42O2/c1-11-17-25(18-12-2,19-13-3)23(7,8)27-28-24(9,10)26(20-14-4,21-15-5)22-16-6/h11-16H,1-6,17-22H2,7-10H3. The maximum absolute atomic E-state index is 6.22. The Morgan fingerprint density at radius 1 is 0.464 bits per heavy atom. The Kier molecular flexibility index (Phi) is 10.7. The highest BCUT2D eigenvalue weighted by Crippen LogP contribution is 2.49. The first kappa shape index (κ1) is 26.4. The van der Waals surface area contributed by atoms with Gasteiger partial charge >= 0.3 is 0 Å². The summed E-state index contributed by atoms with van der Waals surface area (Å²) in [6.07, 6.45) is 16.2. The highest BCUT2D eigenvalue weighted by Gasteiger charge is 2.49. The van der Waals surface area contributed by atoms with E-state index in [4.69, 9.17) is 9.78 Å². The van der Waals surface area contributed by atoms with Crippen LogP contribution in [-0.2, 0) is 9.78 Å². The molecule has 0 atom stereocenters. The quantitative estimate of drug-likeness (QED) is 0.144. The normalized spacial score (nSPS) is 12.9. The van der Waals surface area contributed by atoms with Crippen LogP contribution in [0.2, 0.25) is 0 Å². The first-order valence-corrected chi connectivity index (χ1v) is 10.1. The van der Waals surface area contributed by atoms with Gasteiger partial charge in [-0.3, -0.25) is 0 Å². The van der Waals surface area contributed by atoms with Crippen molar-refractivity contribution in [3.63, 3.8) is 0 Å². The lowest BCUT2D eigenvalue weighted by atomic mass is 9.66. The van der Waals surface area contributed by atoms with Crippen molar-refractivity contribution < 1.29 is 9.78 Å². The molecule has 0 saturated carbocycles. The average molecular weight is 387 g/mol. The minimum atomic E-state index is -0.580. The van der Waals surface area contributed by atoms with Crippen LogP contribution in [0.5, 0.6) is 0 Å².